The molecule has 104 valence electrons. The summed E-state index contributed by atoms with van der Waals surface area (Å²) in [5.74, 6) is 0.229. The van der Waals surface area contributed by atoms with Crippen molar-refractivity contribution in [1.29, 1.82) is 0 Å². The van der Waals surface area contributed by atoms with Crippen molar-refractivity contribution >= 4 is 11.8 Å². The van der Waals surface area contributed by atoms with E-state index in [1.54, 1.807) is 18.2 Å². The highest BCUT2D eigenvalue weighted by Gasteiger charge is 2.15. The number of rotatable bonds is 7. The molecular formula is C14H18O5. The molecule has 0 fully saturated rings. The Morgan fingerprint density at radius 1 is 1.11 bits per heavy atom. The molecule has 0 aliphatic carbocycles. The van der Waals surface area contributed by atoms with Crippen LogP contribution >= 0.6 is 0 Å². The fourth-order valence-corrected chi connectivity index (χ4v) is 1.51. The highest BCUT2D eigenvalue weighted by molar-refractivity contribution is 6.00. The maximum Gasteiger partial charge on any atom is 0.303 e. The van der Waals surface area contributed by atoms with Crippen molar-refractivity contribution < 1.29 is 23.8 Å². The van der Waals surface area contributed by atoms with Crippen molar-refractivity contribution in [3.8, 4) is 11.5 Å². The fraction of sp³-hybridized carbons (Fsp3) is 0.429. The van der Waals surface area contributed by atoms with Gasteiger partial charge in [0, 0.05) is 6.92 Å². The maximum atomic E-state index is 12.0. The van der Waals surface area contributed by atoms with E-state index in [4.69, 9.17) is 14.2 Å². The van der Waals surface area contributed by atoms with Crippen molar-refractivity contribution in [3.05, 3.63) is 23.8 Å². The van der Waals surface area contributed by atoms with E-state index in [1.165, 1.54) is 6.92 Å². The van der Waals surface area contributed by atoms with Gasteiger partial charge in [-0.2, -0.15) is 0 Å². The number of Topliss-reactive ketones (excluding diaryl/α,β-unsaturated/α-hetero) is 1. The van der Waals surface area contributed by atoms with Crippen LogP contribution in [0.5, 0.6) is 11.5 Å². The van der Waals surface area contributed by atoms with Gasteiger partial charge in [0.1, 0.15) is 11.5 Å². The molecule has 0 aliphatic heterocycles. The molecule has 0 spiro atoms. The topological polar surface area (TPSA) is 61.8 Å². The van der Waals surface area contributed by atoms with E-state index in [2.05, 4.69) is 0 Å². The van der Waals surface area contributed by atoms with Gasteiger partial charge in [-0.15, -0.1) is 0 Å². The lowest BCUT2D eigenvalue weighted by atomic mass is 10.1. The SMILES string of the molecule is CCOc1ccc(OCC)c(C(=O)COC(C)=O)c1. The van der Waals surface area contributed by atoms with Gasteiger partial charge in [0.2, 0.25) is 5.78 Å². The number of carbonyl (C=O) groups is 2. The van der Waals surface area contributed by atoms with Crippen LogP contribution in [0.25, 0.3) is 0 Å². The monoisotopic (exact) mass is 266 g/mol. The third-order valence-electron chi connectivity index (χ3n) is 2.27. The number of ether oxygens (including phenoxy) is 3. The second-order valence-electron chi connectivity index (χ2n) is 3.73. The molecule has 1 rings (SSSR count). The van der Waals surface area contributed by atoms with Crippen molar-refractivity contribution in [2.45, 2.75) is 20.8 Å². The molecule has 0 bridgehead atoms. The zero-order valence-corrected chi connectivity index (χ0v) is 11.4. The van der Waals surface area contributed by atoms with Crippen LogP contribution in [0.3, 0.4) is 0 Å². The summed E-state index contributed by atoms with van der Waals surface area (Å²) >= 11 is 0. The second-order valence-corrected chi connectivity index (χ2v) is 3.73. The Labute approximate surface area is 112 Å². The van der Waals surface area contributed by atoms with Gasteiger partial charge >= 0.3 is 5.97 Å². The van der Waals surface area contributed by atoms with Gasteiger partial charge in [0.05, 0.1) is 18.8 Å². The molecule has 0 amide bonds. The Kier molecular flexibility index (Phi) is 5.85. The van der Waals surface area contributed by atoms with Crippen molar-refractivity contribution in [2.24, 2.45) is 0 Å². The minimum atomic E-state index is -0.493. The number of ketones is 1. The highest BCUT2D eigenvalue weighted by atomic mass is 16.5. The van der Waals surface area contributed by atoms with Gasteiger partial charge in [0.25, 0.3) is 0 Å². The Morgan fingerprint density at radius 3 is 2.37 bits per heavy atom. The number of hydrogen-bond acceptors (Lipinski definition) is 5. The van der Waals surface area contributed by atoms with Crippen LogP contribution < -0.4 is 9.47 Å². The molecule has 0 N–H and O–H groups in total. The van der Waals surface area contributed by atoms with Gasteiger partial charge in [-0.3, -0.25) is 9.59 Å². The minimum absolute atomic E-state index is 0.301. The van der Waals surface area contributed by atoms with E-state index in [-0.39, 0.29) is 12.4 Å². The molecule has 5 heteroatoms. The third kappa shape index (κ3) is 4.62. The van der Waals surface area contributed by atoms with Crippen LogP contribution in [-0.4, -0.2) is 31.6 Å². The second kappa shape index (κ2) is 7.41. The number of benzene rings is 1. The average molecular weight is 266 g/mol. The molecule has 0 saturated carbocycles. The summed E-state index contributed by atoms with van der Waals surface area (Å²) in [7, 11) is 0. The predicted molar refractivity (Wildman–Crippen MR) is 69.7 cm³/mol. The molecule has 0 unspecified atom stereocenters. The number of hydrogen-bond donors (Lipinski definition) is 0. The highest BCUT2D eigenvalue weighted by Crippen LogP contribution is 2.25. The van der Waals surface area contributed by atoms with Gasteiger partial charge < -0.3 is 14.2 Å². The molecule has 0 aromatic heterocycles. The third-order valence-corrected chi connectivity index (χ3v) is 2.27. The summed E-state index contributed by atoms with van der Waals surface area (Å²) in [6.07, 6.45) is 0. The summed E-state index contributed by atoms with van der Waals surface area (Å²) in [6.45, 7) is 5.60. The molecular weight excluding hydrogens is 248 g/mol. The van der Waals surface area contributed by atoms with E-state index < -0.39 is 5.97 Å². The average Bonchev–Trinajstić information content (AvgIpc) is 2.38. The Balaban J connectivity index is 2.95. The first kappa shape index (κ1) is 15.0. The van der Waals surface area contributed by atoms with Crippen LogP contribution in [0.15, 0.2) is 18.2 Å². The zero-order chi connectivity index (χ0) is 14.3. The van der Waals surface area contributed by atoms with Crippen LogP contribution in [0, 0.1) is 0 Å². The molecule has 0 radical (unpaired) electrons. The summed E-state index contributed by atoms with van der Waals surface area (Å²) in [5, 5.41) is 0. The zero-order valence-electron chi connectivity index (χ0n) is 11.4. The summed E-state index contributed by atoms with van der Waals surface area (Å²) < 4.78 is 15.4. The molecule has 0 saturated heterocycles. The lowest BCUT2D eigenvalue weighted by Gasteiger charge is -2.11. The molecule has 1 aromatic carbocycles. The van der Waals surface area contributed by atoms with Crippen LogP contribution in [0.4, 0.5) is 0 Å². The van der Waals surface area contributed by atoms with Gasteiger partial charge in [-0.1, -0.05) is 0 Å². The summed E-state index contributed by atoms with van der Waals surface area (Å²) in [4.78, 5) is 22.7. The molecule has 0 heterocycles. The maximum absolute atomic E-state index is 12.0. The smallest absolute Gasteiger partial charge is 0.303 e. The minimum Gasteiger partial charge on any atom is -0.494 e. The Morgan fingerprint density at radius 2 is 1.79 bits per heavy atom. The molecule has 0 aliphatic rings. The van der Waals surface area contributed by atoms with Crippen LogP contribution in [-0.2, 0) is 9.53 Å². The lowest BCUT2D eigenvalue weighted by Crippen LogP contribution is -2.13. The van der Waals surface area contributed by atoms with Gasteiger partial charge in [-0.25, -0.2) is 0 Å². The normalized spacial score (nSPS) is 9.84. The molecule has 19 heavy (non-hydrogen) atoms. The van der Waals surface area contributed by atoms with Crippen LogP contribution in [0.2, 0.25) is 0 Å². The standard InChI is InChI=1S/C14H18O5/c1-4-17-11-6-7-14(18-5-2)12(8-11)13(16)9-19-10(3)15/h6-8H,4-5,9H2,1-3H3. The van der Waals surface area contributed by atoms with Crippen molar-refractivity contribution in [3.63, 3.8) is 0 Å². The first-order valence-electron chi connectivity index (χ1n) is 6.14. The number of carbonyl (C=O) groups excluding carboxylic acids is 2. The van der Waals surface area contributed by atoms with E-state index in [1.807, 2.05) is 13.8 Å². The van der Waals surface area contributed by atoms with Crippen molar-refractivity contribution in [1.82, 2.24) is 0 Å². The fourth-order valence-electron chi connectivity index (χ4n) is 1.51. The quantitative estimate of drug-likeness (QED) is 0.559. The number of esters is 1. The van der Waals surface area contributed by atoms with Gasteiger partial charge in [0.15, 0.2) is 6.61 Å². The van der Waals surface area contributed by atoms with Gasteiger partial charge in [-0.05, 0) is 32.0 Å². The first-order chi connectivity index (χ1) is 9.08. The van der Waals surface area contributed by atoms with Crippen LogP contribution in [0.1, 0.15) is 31.1 Å². The molecule has 0 atom stereocenters. The predicted octanol–water partition coefficient (Wildman–Crippen LogP) is 2.23. The van der Waals surface area contributed by atoms with E-state index >= 15 is 0 Å². The summed E-state index contributed by atoms with van der Waals surface area (Å²) in [6, 6.07) is 5.01. The summed E-state index contributed by atoms with van der Waals surface area (Å²) in [5.41, 5.74) is 0.356. The first-order valence-corrected chi connectivity index (χ1v) is 6.14. The van der Waals surface area contributed by atoms with E-state index in [0.717, 1.165) is 0 Å². The molecule has 5 nitrogen and oxygen atoms in total. The van der Waals surface area contributed by atoms with E-state index in [0.29, 0.717) is 30.3 Å². The Bertz CT molecular complexity index is 453. The van der Waals surface area contributed by atoms with Crippen molar-refractivity contribution in [2.75, 3.05) is 19.8 Å². The largest absolute Gasteiger partial charge is 0.494 e. The lowest BCUT2D eigenvalue weighted by molar-refractivity contribution is -0.139. The van der Waals surface area contributed by atoms with E-state index in [9.17, 15) is 9.59 Å². The Hall–Kier alpha value is -2.04. The molecule has 1 aromatic rings.